The summed E-state index contributed by atoms with van der Waals surface area (Å²) in [5.41, 5.74) is -1.22. The molecule has 0 saturated heterocycles. The van der Waals surface area contributed by atoms with Crippen LogP contribution in [0.1, 0.15) is 19.8 Å². The predicted octanol–water partition coefficient (Wildman–Crippen LogP) is 3.18. The molecule has 11 heavy (non-hydrogen) atoms. The molecule has 0 bridgehead atoms. The lowest BCUT2D eigenvalue weighted by molar-refractivity contribution is 0.299. The molecule has 0 aromatic carbocycles. The van der Waals surface area contributed by atoms with Gasteiger partial charge in [0, 0.05) is 6.42 Å². The summed E-state index contributed by atoms with van der Waals surface area (Å²) in [5, 5.41) is 0. The predicted molar refractivity (Wildman–Crippen MR) is 46.2 cm³/mol. The van der Waals surface area contributed by atoms with E-state index in [2.05, 4.69) is 0 Å². The highest BCUT2D eigenvalue weighted by Crippen LogP contribution is 2.23. The molecular formula is C10H13F. The van der Waals surface area contributed by atoms with Gasteiger partial charge in [-0.2, -0.15) is 0 Å². The fourth-order valence-electron chi connectivity index (χ4n) is 1.05. The van der Waals surface area contributed by atoms with E-state index in [0.717, 1.165) is 6.42 Å². The minimum atomic E-state index is -1.22. The second kappa shape index (κ2) is 3.51. The summed E-state index contributed by atoms with van der Waals surface area (Å²) in [6.07, 6.45) is 11.9. The first kappa shape index (κ1) is 8.25. The Morgan fingerprint density at radius 2 is 2.36 bits per heavy atom. The Kier molecular flexibility index (Phi) is 2.64. The van der Waals surface area contributed by atoms with Crippen LogP contribution in [0, 0.1) is 0 Å². The van der Waals surface area contributed by atoms with Gasteiger partial charge < -0.3 is 0 Å². The average molecular weight is 152 g/mol. The van der Waals surface area contributed by atoms with Crippen molar-refractivity contribution in [2.24, 2.45) is 0 Å². The van der Waals surface area contributed by atoms with E-state index in [1.165, 1.54) is 0 Å². The van der Waals surface area contributed by atoms with Crippen molar-refractivity contribution in [3.8, 4) is 0 Å². The molecule has 1 aliphatic carbocycles. The molecule has 0 aromatic heterocycles. The van der Waals surface area contributed by atoms with E-state index >= 15 is 0 Å². The van der Waals surface area contributed by atoms with Crippen LogP contribution in [0.5, 0.6) is 0 Å². The Balaban J connectivity index is 2.60. The van der Waals surface area contributed by atoms with E-state index in [9.17, 15) is 4.39 Å². The van der Waals surface area contributed by atoms with Crippen molar-refractivity contribution >= 4 is 0 Å². The summed E-state index contributed by atoms with van der Waals surface area (Å²) in [4.78, 5) is 0. The maximum atomic E-state index is 13.5. The molecule has 0 saturated carbocycles. The Bertz CT molecular complexity index is 201. The van der Waals surface area contributed by atoms with E-state index in [1.807, 2.05) is 25.2 Å². The molecule has 60 valence electrons. The molecule has 0 amide bonds. The van der Waals surface area contributed by atoms with Crippen LogP contribution in [-0.2, 0) is 0 Å². The number of hydrogen-bond acceptors (Lipinski definition) is 0. The first-order chi connectivity index (χ1) is 5.27. The van der Waals surface area contributed by atoms with Crippen LogP contribution in [0.15, 0.2) is 36.5 Å². The monoisotopic (exact) mass is 152 g/mol. The molecule has 1 atom stereocenters. The SMILES string of the molecule is CC/C=C/[C@]1(F)C=CC=CC1. The highest BCUT2D eigenvalue weighted by atomic mass is 19.1. The van der Waals surface area contributed by atoms with Crippen molar-refractivity contribution < 1.29 is 4.39 Å². The third kappa shape index (κ3) is 2.34. The van der Waals surface area contributed by atoms with Gasteiger partial charge in [0.05, 0.1) is 0 Å². The minimum absolute atomic E-state index is 0.472. The van der Waals surface area contributed by atoms with Crippen LogP contribution in [0.25, 0.3) is 0 Å². The number of alkyl halides is 1. The summed E-state index contributed by atoms with van der Waals surface area (Å²) >= 11 is 0. The van der Waals surface area contributed by atoms with Crippen molar-refractivity contribution in [3.63, 3.8) is 0 Å². The van der Waals surface area contributed by atoms with Crippen LogP contribution in [-0.4, -0.2) is 5.67 Å². The molecule has 0 radical (unpaired) electrons. The highest BCUT2D eigenvalue weighted by molar-refractivity contribution is 5.24. The van der Waals surface area contributed by atoms with Crippen LogP contribution < -0.4 is 0 Å². The van der Waals surface area contributed by atoms with E-state index in [0.29, 0.717) is 6.42 Å². The molecule has 0 heterocycles. The van der Waals surface area contributed by atoms with Crippen LogP contribution in [0.2, 0.25) is 0 Å². The zero-order valence-electron chi connectivity index (χ0n) is 6.76. The first-order valence-corrected chi connectivity index (χ1v) is 3.98. The van der Waals surface area contributed by atoms with Gasteiger partial charge in [-0.1, -0.05) is 31.2 Å². The largest absolute Gasteiger partial charge is 0.234 e. The Labute approximate surface area is 67.1 Å². The molecule has 0 fully saturated rings. The van der Waals surface area contributed by atoms with Gasteiger partial charge in [-0.3, -0.25) is 0 Å². The van der Waals surface area contributed by atoms with Gasteiger partial charge in [-0.25, -0.2) is 4.39 Å². The molecule has 0 spiro atoms. The molecule has 0 aliphatic heterocycles. The van der Waals surface area contributed by atoms with Gasteiger partial charge in [0.2, 0.25) is 0 Å². The van der Waals surface area contributed by atoms with Gasteiger partial charge in [-0.15, -0.1) is 0 Å². The molecule has 0 aromatic rings. The molecule has 0 nitrogen and oxygen atoms in total. The molecule has 1 aliphatic rings. The molecule has 1 heteroatoms. The smallest absolute Gasteiger partial charge is 0.151 e. The maximum Gasteiger partial charge on any atom is 0.151 e. The molecular weight excluding hydrogens is 139 g/mol. The van der Waals surface area contributed by atoms with E-state index < -0.39 is 5.67 Å². The van der Waals surface area contributed by atoms with Gasteiger partial charge in [0.15, 0.2) is 5.67 Å². The molecule has 0 N–H and O–H groups in total. The summed E-state index contributed by atoms with van der Waals surface area (Å²) in [6, 6.07) is 0. The summed E-state index contributed by atoms with van der Waals surface area (Å²) in [7, 11) is 0. The van der Waals surface area contributed by atoms with Gasteiger partial charge in [-0.05, 0) is 18.6 Å². The van der Waals surface area contributed by atoms with E-state index in [1.54, 1.807) is 18.2 Å². The quantitative estimate of drug-likeness (QED) is 0.533. The second-order valence-corrected chi connectivity index (χ2v) is 2.73. The van der Waals surface area contributed by atoms with Crippen LogP contribution >= 0.6 is 0 Å². The zero-order chi connectivity index (χ0) is 8.16. The van der Waals surface area contributed by atoms with Crippen molar-refractivity contribution in [3.05, 3.63) is 36.5 Å². The number of rotatable bonds is 2. The lowest BCUT2D eigenvalue weighted by atomic mass is 9.97. The van der Waals surface area contributed by atoms with Gasteiger partial charge in [0.1, 0.15) is 0 Å². The fourth-order valence-corrected chi connectivity index (χ4v) is 1.05. The average Bonchev–Trinajstić information content (AvgIpc) is 2.03. The lowest BCUT2D eigenvalue weighted by Crippen LogP contribution is -2.16. The van der Waals surface area contributed by atoms with Gasteiger partial charge >= 0.3 is 0 Å². The Morgan fingerprint density at radius 1 is 1.55 bits per heavy atom. The van der Waals surface area contributed by atoms with E-state index in [4.69, 9.17) is 0 Å². The summed E-state index contributed by atoms with van der Waals surface area (Å²) in [6.45, 7) is 2.00. The van der Waals surface area contributed by atoms with Crippen molar-refractivity contribution in [2.75, 3.05) is 0 Å². The summed E-state index contributed by atoms with van der Waals surface area (Å²) < 4.78 is 13.5. The number of halogens is 1. The zero-order valence-corrected chi connectivity index (χ0v) is 6.76. The van der Waals surface area contributed by atoms with Gasteiger partial charge in [0.25, 0.3) is 0 Å². The summed E-state index contributed by atoms with van der Waals surface area (Å²) in [5.74, 6) is 0. The number of hydrogen-bond donors (Lipinski definition) is 0. The fraction of sp³-hybridized carbons (Fsp3) is 0.400. The number of allylic oxidation sites excluding steroid dienone is 6. The van der Waals surface area contributed by atoms with E-state index in [-0.39, 0.29) is 0 Å². The normalized spacial score (nSPS) is 30.0. The van der Waals surface area contributed by atoms with Crippen molar-refractivity contribution in [1.29, 1.82) is 0 Å². The highest BCUT2D eigenvalue weighted by Gasteiger charge is 2.21. The lowest BCUT2D eigenvalue weighted by Gasteiger charge is -2.16. The minimum Gasteiger partial charge on any atom is -0.234 e. The topological polar surface area (TPSA) is 0 Å². The van der Waals surface area contributed by atoms with Crippen molar-refractivity contribution in [2.45, 2.75) is 25.4 Å². The standard InChI is InChI=1S/C10H13F/c1-2-3-7-10(11)8-5-4-6-9-10/h3-8H,2,9H2,1H3/b7-3+/t10-/m0/s1. The maximum absolute atomic E-state index is 13.5. The van der Waals surface area contributed by atoms with Crippen LogP contribution in [0.3, 0.4) is 0 Å². The third-order valence-electron chi connectivity index (χ3n) is 1.68. The first-order valence-electron chi connectivity index (χ1n) is 3.98. The van der Waals surface area contributed by atoms with Crippen LogP contribution in [0.4, 0.5) is 4.39 Å². The Morgan fingerprint density at radius 3 is 2.91 bits per heavy atom. The second-order valence-electron chi connectivity index (χ2n) is 2.73. The Hall–Kier alpha value is -0.850. The molecule has 1 rings (SSSR count). The molecule has 0 unspecified atom stereocenters. The third-order valence-corrected chi connectivity index (χ3v) is 1.68. The van der Waals surface area contributed by atoms with Crippen molar-refractivity contribution in [1.82, 2.24) is 0 Å².